The van der Waals surface area contributed by atoms with Gasteiger partial charge >= 0.3 is 0 Å². The minimum atomic E-state index is -0.766. The smallest absolute Gasteiger partial charge is 0.263 e. The van der Waals surface area contributed by atoms with E-state index in [1.54, 1.807) is 36.5 Å². The molecule has 2 amide bonds. The lowest BCUT2D eigenvalue weighted by Gasteiger charge is -2.22. The van der Waals surface area contributed by atoms with E-state index >= 15 is 0 Å². The van der Waals surface area contributed by atoms with E-state index in [4.69, 9.17) is 5.73 Å². The highest BCUT2D eigenvalue weighted by Crippen LogP contribution is 2.43. The van der Waals surface area contributed by atoms with Gasteiger partial charge in [0.05, 0.1) is 28.7 Å². The molecule has 2 aromatic heterocycles. The van der Waals surface area contributed by atoms with Gasteiger partial charge in [-0.15, -0.1) is 0 Å². The Balaban J connectivity index is 1.95. The van der Waals surface area contributed by atoms with Crippen molar-refractivity contribution in [2.24, 2.45) is 5.73 Å². The number of halogens is 1. The fourth-order valence-corrected chi connectivity index (χ4v) is 3.74. The van der Waals surface area contributed by atoms with Crippen LogP contribution < -0.4 is 10.6 Å². The van der Waals surface area contributed by atoms with Crippen LogP contribution in [0.2, 0.25) is 0 Å². The number of primary amides is 1. The molecule has 0 spiro atoms. The molecule has 1 aliphatic heterocycles. The number of nitrogens with two attached hydrogens (primary N) is 1. The Kier molecular flexibility index (Phi) is 3.44. The van der Waals surface area contributed by atoms with Crippen LogP contribution in [0, 0.1) is 5.82 Å². The second kappa shape index (κ2) is 5.90. The van der Waals surface area contributed by atoms with Gasteiger partial charge in [0.25, 0.3) is 11.8 Å². The maximum absolute atomic E-state index is 14.7. The highest BCUT2D eigenvalue weighted by molar-refractivity contribution is 6.22. The predicted octanol–water partition coefficient (Wildman–Crippen LogP) is 3.24. The largest absolute Gasteiger partial charge is 0.508 e. The molecule has 1 aliphatic rings. The number of carbonyl (C=O) groups excluding carboxylic acids is 2. The van der Waals surface area contributed by atoms with Crippen molar-refractivity contribution in [3.63, 3.8) is 0 Å². The zero-order valence-electron chi connectivity index (χ0n) is 14.8. The van der Waals surface area contributed by atoms with Crippen molar-refractivity contribution < 1.29 is 19.1 Å². The van der Waals surface area contributed by atoms with Crippen molar-refractivity contribution >= 4 is 28.7 Å². The number of rotatable bonds is 2. The summed E-state index contributed by atoms with van der Waals surface area (Å²) in [6.07, 6.45) is 2.97. The molecule has 0 atom stereocenters. The number of aromatic nitrogens is 2. The number of phenolic OH excluding ortho intramolecular Hbond substituents is 1. The van der Waals surface area contributed by atoms with Gasteiger partial charge in [-0.1, -0.05) is 18.2 Å². The molecule has 0 aliphatic carbocycles. The highest BCUT2D eigenvalue weighted by Gasteiger charge is 2.33. The van der Waals surface area contributed by atoms with Crippen molar-refractivity contribution in [3.05, 3.63) is 77.9 Å². The van der Waals surface area contributed by atoms with E-state index in [2.05, 4.69) is 5.10 Å². The first-order valence-electron chi connectivity index (χ1n) is 8.70. The number of fused-ring (bicyclic) bond motifs is 2. The number of aromatic hydroxyl groups is 1. The van der Waals surface area contributed by atoms with Gasteiger partial charge in [0.1, 0.15) is 5.75 Å². The van der Waals surface area contributed by atoms with E-state index in [-0.39, 0.29) is 22.6 Å². The molecule has 0 unspecified atom stereocenters. The lowest BCUT2D eigenvalue weighted by molar-refractivity contribution is 0.0990. The van der Waals surface area contributed by atoms with E-state index in [1.807, 2.05) is 0 Å². The molecule has 0 saturated carbocycles. The topological polar surface area (TPSA) is 101 Å². The molecule has 0 saturated heterocycles. The molecule has 4 aromatic rings. The summed E-state index contributed by atoms with van der Waals surface area (Å²) < 4.78 is 16.3. The molecule has 2 aromatic carbocycles. The molecule has 0 radical (unpaired) electrons. The molecule has 0 fully saturated rings. The summed E-state index contributed by atoms with van der Waals surface area (Å²) >= 11 is 0. The van der Waals surface area contributed by atoms with Crippen LogP contribution in [0.1, 0.15) is 20.7 Å². The molecule has 5 rings (SSSR count). The summed E-state index contributed by atoms with van der Waals surface area (Å²) in [4.78, 5) is 26.8. The monoisotopic (exact) mass is 388 g/mol. The van der Waals surface area contributed by atoms with E-state index in [0.717, 1.165) is 6.07 Å². The number of amides is 2. The van der Waals surface area contributed by atoms with Crippen LogP contribution in [0.25, 0.3) is 16.6 Å². The number of anilines is 2. The van der Waals surface area contributed by atoms with Gasteiger partial charge in [-0.3, -0.25) is 14.5 Å². The van der Waals surface area contributed by atoms with Gasteiger partial charge in [-0.05, 0) is 29.8 Å². The van der Waals surface area contributed by atoms with Gasteiger partial charge in [0, 0.05) is 23.4 Å². The van der Waals surface area contributed by atoms with Crippen LogP contribution in [0.4, 0.5) is 15.8 Å². The summed E-state index contributed by atoms with van der Waals surface area (Å²) in [6, 6.07) is 11.9. The second-order valence-electron chi connectivity index (χ2n) is 6.61. The molecule has 29 heavy (non-hydrogen) atoms. The van der Waals surface area contributed by atoms with Gasteiger partial charge in [-0.25, -0.2) is 8.91 Å². The quantitative estimate of drug-likeness (QED) is 0.550. The van der Waals surface area contributed by atoms with Gasteiger partial charge in [-0.2, -0.15) is 5.10 Å². The van der Waals surface area contributed by atoms with Crippen molar-refractivity contribution in [1.82, 2.24) is 9.61 Å². The lowest BCUT2D eigenvalue weighted by atomic mass is 9.96. The Hall–Kier alpha value is -4.20. The molecule has 3 heterocycles. The van der Waals surface area contributed by atoms with Crippen LogP contribution in [0.3, 0.4) is 0 Å². The molecule has 8 heteroatoms. The average molecular weight is 388 g/mol. The summed E-state index contributed by atoms with van der Waals surface area (Å²) in [5.41, 5.74) is 7.74. The van der Waals surface area contributed by atoms with E-state index in [9.17, 15) is 19.1 Å². The van der Waals surface area contributed by atoms with Crippen molar-refractivity contribution in [2.45, 2.75) is 0 Å². The Morgan fingerprint density at radius 2 is 1.83 bits per heavy atom. The van der Waals surface area contributed by atoms with Crippen molar-refractivity contribution in [1.29, 1.82) is 0 Å². The first-order chi connectivity index (χ1) is 14.0. The number of phenols is 1. The standard InChI is InChI=1S/C21H13FN4O3/c22-15-9-11(27)5-6-16(15)26-17-7-8-25-19(17)18(14(10-24-25)20(23)28)12-3-1-2-4-13(12)21(26)29/h1-10,27H,(H2,23,28). The number of hydrogen-bond donors (Lipinski definition) is 2. The highest BCUT2D eigenvalue weighted by atomic mass is 19.1. The molecule has 142 valence electrons. The Morgan fingerprint density at radius 3 is 2.55 bits per heavy atom. The molecule has 0 bridgehead atoms. The predicted molar refractivity (Wildman–Crippen MR) is 104 cm³/mol. The van der Waals surface area contributed by atoms with E-state index < -0.39 is 17.6 Å². The third-order valence-electron chi connectivity index (χ3n) is 4.97. The van der Waals surface area contributed by atoms with Crippen molar-refractivity contribution in [2.75, 3.05) is 4.90 Å². The fraction of sp³-hybridized carbons (Fsp3) is 0. The lowest BCUT2D eigenvalue weighted by Crippen LogP contribution is -2.26. The molecule has 7 nitrogen and oxygen atoms in total. The minimum absolute atomic E-state index is 0.0342. The molecular weight excluding hydrogens is 375 g/mol. The van der Waals surface area contributed by atoms with Crippen LogP contribution >= 0.6 is 0 Å². The Bertz CT molecular complexity index is 1350. The third-order valence-corrected chi connectivity index (χ3v) is 4.97. The summed E-state index contributed by atoms with van der Waals surface area (Å²) in [6.45, 7) is 0. The summed E-state index contributed by atoms with van der Waals surface area (Å²) in [5.74, 6) is -2.19. The Labute approximate surface area is 163 Å². The maximum Gasteiger partial charge on any atom is 0.263 e. The van der Waals surface area contributed by atoms with E-state index in [1.165, 1.54) is 27.7 Å². The van der Waals surface area contributed by atoms with E-state index in [0.29, 0.717) is 22.3 Å². The first kappa shape index (κ1) is 16.9. The summed E-state index contributed by atoms with van der Waals surface area (Å²) in [7, 11) is 0. The molecular formula is C21H13FN4O3. The minimum Gasteiger partial charge on any atom is -0.508 e. The number of carbonyl (C=O) groups is 2. The number of benzene rings is 2. The first-order valence-corrected chi connectivity index (χ1v) is 8.70. The van der Waals surface area contributed by atoms with Crippen LogP contribution in [-0.2, 0) is 0 Å². The zero-order chi connectivity index (χ0) is 20.3. The number of nitrogens with zero attached hydrogens (tertiary/aromatic N) is 3. The zero-order valence-corrected chi connectivity index (χ0v) is 14.8. The fourth-order valence-electron chi connectivity index (χ4n) is 3.74. The SMILES string of the molecule is NC(=O)c1cnn2ccc3c2c1-c1ccccc1C(=O)N3c1ccc(O)cc1F. The van der Waals surface area contributed by atoms with Crippen molar-refractivity contribution in [3.8, 4) is 16.9 Å². The maximum atomic E-state index is 14.7. The average Bonchev–Trinajstić information content (AvgIpc) is 3.08. The number of hydrogen-bond acceptors (Lipinski definition) is 4. The third kappa shape index (κ3) is 2.32. The summed E-state index contributed by atoms with van der Waals surface area (Å²) in [5, 5.41) is 13.8. The second-order valence-corrected chi connectivity index (χ2v) is 6.61. The van der Waals surface area contributed by atoms with Crippen LogP contribution in [-0.4, -0.2) is 26.5 Å². The normalized spacial score (nSPS) is 12.7. The Morgan fingerprint density at radius 1 is 1.07 bits per heavy atom. The van der Waals surface area contributed by atoms with Gasteiger partial charge in [0.2, 0.25) is 0 Å². The van der Waals surface area contributed by atoms with Crippen LogP contribution in [0.15, 0.2) is 60.9 Å². The van der Waals surface area contributed by atoms with Crippen LogP contribution in [0.5, 0.6) is 5.75 Å². The van der Waals surface area contributed by atoms with Gasteiger partial charge < -0.3 is 10.8 Å². The molecule has 3 N–H and O–H groups in total. The van der Waals surface area contributed by atoms with Gasteiger partial charge in [0.15, 0.2) is 5.82 Å².